The molecule has 2 aromatic heterocycles. The smallest absolute Gasteiger partial charge is 0.252 e. The standard InChI is InChI=1S/C17H14BrN5O/c1-10-15-13(11-4-2-5-12(18)8-11)9-14(24)21-16(15)23(22-10)17-19-6-3-7-20-17/h2-8,13H,9H2,1H3,(H,21,24)/t13-/m0/s1. The normalized spacial score (nSPS) is 16.6. The predicted molar refractivity (Wildman–Crippen MR) is 93.1 cm³/mol. The number of amides is 1. The molecule has 0 saturated carbocycles. The Morgan fingerprint density at radius 3 is 2.79 bits per heavy atom. The average Bonchev–Trinajstić information content (AvgIpc) is 2.91. The second-order valence-corrected chi connectivity index (χ2v) is 6.58. The van der Waals surface area contributed by atoms with Crippen LogP contribution in [0.2, 0.25) is 0 Å². The highest BCUT2D eigenvalue weighted by molar-refractivity contribution is 9.10. The minimum absolute atomic E-state index is 0.0374. The van der Waals surface area contributed by atoms with Gasteiger partial charge in [-0.25, -0.2) is 9.97 Å². The van der Waals surface area contributed by atoms with Gasteiger partial charge < -0.3 is 5.32 Å². The van der Waals surface area contributed by atoms with Gasteiger partial charge in [-0.05, 0) is 30.7 Å². The number of nitrogens with zero attached hydrogens (tertiary/aromatic N) is 4. The molecule has 6 nitrogen and oxygen atoms in total. The number of carbonyl (C=O) groups is 1. The van der Waals surface area contributed by atoms with Crippen LogP contribution in [-0.4, -0.2) is 25.7 Å². The van der Waals surface area contributed by atoms with Crippen LogP contribution in [0.25, 0.3) is 5.95 Å². The van der Waals surface area contributed by atoms with Crippen LogP contribution in [0.15, 0.2) is 47.2 Å². The summed E-state index contributed by atoms with van der Waals surface area (Å²) in [6.45, 7) is 1.95. The van der Waals surface area contributed by atoms with Gasteiger partial charge >= 0.3 is 0 Å². The Hall–Kier alpha value is -2.54. The van der Waals surface area contributed by atoms with Crippen molar-refractivity contribution in [2.24, 2.45) is 0 Å². The number of aryl methyl sites for hydroxylation is 1. The molecule has 1 aromatic carbocycles. The molecule has 0 radical (unpaired) electrons. The first-order chi connectivity index (χ1) is 11.6. The molecule has 24 heavy (non-hydrogen) atoms. The highest BCUT2D eigenvalue weighted by Gasteiger charge is 2.33. The van der Waals surface area contributed by atoms with Crippen LogP contribution in [0.5, 0.6) is 0 Å². The molecule has 0 saturated heterocycles. The van der Waals surface area contributed by atoms with E-state index in [0.717, 1.165) is 21.3 Å². The van der Waals surface area contributed by atoms with Crippen molar-refractivity contribution in [2.45, 2.75) is 19.3 Å². The zero-order chi connectivity index (χ0) is 16.7. The minimum Gasteiger partial charge on any atom is -0.310 e. The number of carbonyl (C=O) groups excluding carboxylic acids is 1. The predicted octanol–water partition coefficient (Wildman–Crippen LogP) is 3.21. The lowest BCUT2D eigenvalue weighted by Crippen LogP contribution is -2.25. The third-order valence-corrected chi connectivity index (χ3v) is 4.59. The summed E-state index contributed by atoms with van der Waals surface area (Å²) in [6, 6.07) is 9.78. The van der Waals surface area contributed by atoms with Gasteiger partial charge in [0.2, 0.25) is 5.91 Å². The van der Waals surface area contributed by atoms with Crippen molar-refractivity contribution in [3.05, 3.63) is 64.0 Å². The number of rotatable bonds is 2. The second-order valence-electron chi connectivity index (χ2n) is 5.67. The van der Waals surface area contributed by atoms with Gasteiger partial charge in [0.15, 0.2) is 0 Å². The van der Waals surface area contributed by atoms with Crippen molar-refractivity contribution in [3.63, 3.8) is 0 Å². The summed E-state index contributed by atoms with van der Waals surface area (Å²) in [5.41, 5.74) is 2.96. The van der Waals surface area contributed by atoms with Crippen LogP contribution in [0, 0.1) is 6.92 Å². The zero-order valence-electron chi connectivity index (χ0n) is 12.9. The fraction of sp³-hybridized carbons (Fsp3) is 0.176. The summed E-state index contributed by atoms with van der Waals surface area (Å²) in [4.78, 5) is 20.8. The highest BCUT2D eigenvalue weighted by atomic mass is 79.9. The highest BCUT2D eigenvalue weighted by Crippen LogP contribution is 2.40. The fourth-order valence-electron chi connectivity index (χ4n) is 3.10. The quantitative estimate of drug-likeness (QED) is 0.737. The molecule has 3 heterocycles. The maximum Gasteiger partial charge on any atom is 0.252 e. The van der Waals surface area contributed by atoms with Crippen LogP contribution in [0.1, 0.15) is 29.2 Å². The lowest BCUT2D eigenvalue weighted by molar-refractivity contribution is -0.116. The average molecular weight is 384 g/mol. The summed E-state index contributed by atoms with van der Waals surface area (Å²) >= 11 is 3.50. The Morgan fingerprint density at radius 2 is 2.04 bits per heavy atom. The van der Waals surface area contributed by atoms with E-state index in [1.165, 1.54) is 0 Å². The van der Waals surface area contributed by atoms with Gasteiger partial charge in [-0.15, -0.1) is 0 Å². The van der Waals surface area contributed by atoms with E-state index in [0.29, 0.717) is 18.2 Å². The van der Waals surface area contributed by atoms with Gasteiger partial charge in [0.25, 0.3) is 5.95 Å². The van der Waals surface area contributed by atoms with Gasteiger partial charge in [0, 0.05) is 34.8 Å². The van der Waals surface area contributed by atoms with Crippen LogP contribution in [-0.2, 0) is 4.79 Å². The molecule has 0 fully saturated rings. The van der Waals surface area contributed by atoms with Gasteiger partial charge in [-0.1, -0.05) is 28.1 Å². The lowest BCUT2D eigenvalue weighted by Gasteiger charge is -2.24. The topological polar surface area (TPSA) is 72.7 Å². The molecule has 0 spiro atoms. The first kappa shape index (κ1) is 15.0. The third-order valence-electron chi connectivity index (χ3n) is 4.10. The van der Waals surface area contributed by atoms with E-state index in [1.54, 1.807) is 23.1 Å². The Labute approximate surface area is 147 Å². The van der Waals surface area contributed by atoms with Gasteiger partial charge in [0.05, 0.1) is 5.69 Å². The Balaban J connectivity index is 1.89. The van der Waals surface area contributed by atoms with Crippen LogP contribution in [0.4, 0.5) is 5.82 Å². The van der Waals surface area contributed by atoms with Crippen molar-refractivity contribution in [2.75, 3.05) is 5.32 Å². The molecule has 0 bridgehead atoms. The molecule has 1 N–H and O–H groups in total. The Bertz CT molecular complexity index is 922. The molecular formula is C17H14BrN5O. The summed E-state index contributed by atoms with van der Waals surface area (Å²) in [6.07, 6.45) is 3.70. The molecule has 3 aromatic rings. The maximum atomic E-state index is 12.3. The van der Waals surface area contributed by atoms with E-state index in [9.17, 15) is 4.79 Å². The molecule has 1 aliphatic heterocycles. The number of halogens is 1. The largest absolute Gasteiger partial charge is 0.310 e. The van der Waals surface area contributed by atoms with Crippen molar-refractivity contribution in [1.29, 1.82) is 0 Å². The first-order valence-electron chi connectivity index (χ1n) is 7.55. The summed E-state index contributed by atoms with van der Waals surface area (Å²) in [7, 11) is 0. The fourth-order valence-corrected chi connectivity index (χ4v) is 3.52. The molecule has 7 heteroatoms. The molecule has 1 aliphatic rings. The Kier molecular flexibility index (Phi) is 3.65. The van der Waals surface area contributed by atoms with E-state index in [-0.39, 0.29) is 11.8 Å². The lowest BCUT2D eigenvalue weighted by atomic mass is 9.86. The first-order valence-corrected chi connectivity index (χ1v) is 8.35. The minimum atomic E-state index is -0.0382. The van der Waals surface area contributed by atoms with Crippen molar-refractivity contribution < 1.29 is 4.79 Å². The number of aromatic nitrogens is 4. The third kappa shape index (κ3) is 2.50. The number of hydrogen-bond acceptors (Lipinski definition) is 4. The van der Waals surface area contributed by atoms with Gasteiger partial charge in [-0.2, -0.15) is 9.78 Å². The van der Waals surface area contributed by atoms with E-state index in [2.05, 4.69) is 36.3 Å². The maximum absolute atomic E-state index is 12.3. The number of nitrogens with one attached hydrogen (secondary N) is 1. The number of anilines is 1. The van der Waals surface area contributed by atoms with Gasteiger partial charge in [-0.3, -0.25) is 4.79 Å². The number of hydrogen-bond donors (Lipinski definition) is 1. The van der Waals surface area contributed by atoms with Crippen molar-refractivity contribution >= 4 is 27.7 Å². The van der Waals surface area contributed by atoms with E-state index >= 15 is 0 Å². The van der Waals surface area contributed by atoms with Crippen LogP contribution in [0.3, 0.4) is 0 Å². The second kappa shape index (κ2) is 5.83. The molecule has 0 unspecified atom stereocenters. The molecule has 120 valence electrons. The zero-order valence-corrected chi connectivity index (χ0v) is 14.5. The van der Waals surface area contributed by atoms with Crippen LogP contribution < -0.4 is 5.32 Å². The summed E-state index contributed by atoms with van der Waals surface area (Å²) in [5.74, 6) is 1.02. The number of fused-ring (bicyclic) bond motifs is 1. The van der Waals surface area contributed by atoms with E-state index in [1.807, 2.05) is 31.2 Å². The van der Waals surface area contributed by atoms with Gasteiger partial charge in [0.1, 0.15) is 5.82 Å². The van der Waals surface area contributed by atoms with Crippen molar-refractivity contribution in [1.82, 2.24) is 19.7 Å². The van der Waals surface area contributed by atoms with Crippen LogP contribution >= 0.6 is 15.9 Å². The molecule has 1 amide bonds. The van der Waals surface area contributed by atoms with E-state index < -0.39 is 0 Å². The molecule has 0 aliphatic carbocycles. The summed E-state index contributed by atoms with van der Waals surface area (Å²) in [5, 5.41) is 7.49. The number of benzene rings is 1. The molecule has 4 rings (SSSR count). The SMILES string of the molecule is Cc1nn(-c2ncccn2)c2c1[C@H](c1cccc(Br)c1)CC(=O)N2. The molecular weight excluding hydrogens is 370 g/mol. The summed E-state index contributed by atoms with van der Waals surface area (Å²) < 4.78 is 2.59. The molecule has 1 atom stereocenters. The monoisotopic (exact) mass is 383 g/mol. The van der Waals surface area contributed by atoms with Crippen molar-refractivity contribution in [3.8, 4) is 5.95 Å². The van der Waals surface area contributed by atoms with E-state index in [4.69, 9.17) is 0 Å². The Morgan fingerprint density at radius 1 is 1.25 bits per heavy atom.